The van der Waals surface area contributed by atoms with Crippen LogP contribution in [0.4, 0.5) is 4.79 Å². The molecule has 3 heterocycles. The molecule has 1 fully saturated rings. The number of aliphatic imine (C=N–C) groups is 1. The van der Waals surface area contributed by atoms with Gasteiger partial charge in [-0.05, 0) is 79.4 Å². The third kappa shape index (κ3) is 11.8. The Labute approximate surface area is 256 Å². The first-order chi connectivity index (χ1) is 20.2. The number of aryl methyl sites for hydroxylation is 1. The number of alkyl carbamates (subject to hydrolysis) is 1. The summed E-state index contributed by atoms with van der Waals surface area (Å²) in [6.45, 7) is 12.3. The van der Waals surface area contributed by atoms with Crippen molar-refractivity contribution < 1.29 is 28.6 Å². The van der Waals surface area contributed by atoms with Gasteiger partial charge < -0.3 is 30.6 Å². The first-order valence-electron chi connectivity index (χ1n) is 14.2. The summed E-state index contributed by atoms with van der Waals surface area (Å²) in [6.07, 6.45) is 5.40. The maximum absolute atomic E-state index is 13.2. The van der Waals surface area contributed by atoms with Crippen molar-refractivity contribution >= 4 is 35.5 Å². The molecule has 0 aliphatic carbocycles. The number of nitrogens with one attached hydrogen (secondary N) is 2. The zero-order valence-corrected chi connectivity index (χ0v) is 26.5. The maximum atomic E-state index is 13.2. The topological polar surface area (TPSA) is 167 Å². The van der Waals surface area contributed by atoms with Crippen molar-refractivity contribution in [3.63, 3.8) is 0 Å². The fourth-order valence-corrected chi connectivity index (χ4v) is 4.64. The SMILES string of the molecule is CC(C)(C)OC(=O)NCCCc1cc(-c2nc(C(=O)NC(C=NC3CCOCC3)=C(N)C(=O)OC(C)(C)C)cs2)ccn1. The molecule has 0 radical (unpaired) electrons. The molecule has 0 aromatic carbocycles. The van der Waals surface area contributed by atoms with Crippen molar-refractivity contribution in [1.29, 1.82) is 0 Å². The van der Waals surface area contributed by atoms with Crippen LogP contribution in [-0.4, -0.2) is 71.2 Å². The van der Waals surface area contributed by atoms with E-state index in [-0.39, 0.29) is 23.1 Å². The standard InChI is InChI=1S/C30H42N6O6S/c1-29(2,3)41-27(38)24(31)22(17-34-20-10-14-40-15-11-20)35-25(37)23-18-43-26(36-23)19-9-13-32-21(16-19)8-7-12-33-28(39)42-30(4,5)6/h9,13,16-18,20H,7-8,10-12,14-15,31H2,1-6H3,(H,33,39)(H,35,37). The van der Waals surface area contributed by atoms with Crippen LogP contribution in [0.3, 0.4) is 0 Å². The van der Waals surface area contributed by atoms with E-state index in [1.165, 1.54) is 17.6 Å². The number of nitrogens with two attached hydrogens (primary N) is 1. The molecule has 13 heteroatoms. The summed E-state index contributed by atoms with van der Waals surface area (Å²) < 4.78 is 16.0. The molecule has 1 aliphatic rings. The summed E-state index contributed by atoms with van der Waals surface area (Å²) in [4.78, 5) is 51.2. The second-order valence-corrected chi connectivity index (χ2v) is 12.9. The van der Waals surface area contributed by atoms with Gasteiger partial charge in [-0.2, -0.15) is 0 Å². The van der Waals surface area contributed by atoms with Gasteiger partial charge in [-0.1, -0.05) is 0 Å². The van der Waals surface area contributed by atoms with Gasteiger partial charge in [-0.3, -0.25) is 14.8 Å². The summed E-state index contributed by atoms with van der Waals surface area (Å²) in [5.41, 5.74) is 6.40. The van der Waals surface area contributed by atoms with Crippen molar-refractivity contribution in [2.24, 2.45) is 10.7 Å². The van der Waals surface area contributed by atoms with Crippen molar-refractivity contribution in [2.45, 2.75) is 84.5 Å². The van der Waals surface area contributed by atoms with Gasteiger partial charge in [0.25, 0.3) is 5.91 Å². The minimum atomic E-state index is -0.767. The third-order valence-electron chi connectivity index (χ3n) is 5.84. The highest BCUT2D eigenvalue weighted by atomic mass is 32.1. The van der Waals surface area contributed by atoms with Crippen LogP contribution in [0.1, 0.15) is 77.0 Å². The number of ether oxygens (including phenoxy) is 3. The molecule has 2 aromatic rings. The molecule has 0 saturated carbocycles. The Bertz CT molecular complexity index is 1340. The minimum absolute atomic E-state index is 0.00746. The first-order valence-corrected chi connectivity index (χ1v) is 15.1. The lowest BCUT2D eigenvalue weighted by atomic mass is 10.1. The second kappa shape index (κ2) is 15.1. The number of pyridine rings is 1. The Morgan fingerprint density at radius 1 is 1.14 bits per heavy atom. The van der Waals surface area contributed by atoms with Gasteiger partial charge in [0.1, 0.15) is 27.6 Å². The maximum Gasteiger partial charge on any atom is 0.407 e. The predicted octanol–water partition coefficient (Wildman–Crippen LogP) is 4.15. The zero-order valence-electron chi connectivity index (χ0n) is 25.7. The van der Waals surface area contributed by atoms with Crippen molar-refractivity contribution in [1.82, 2.24) is 20.6 Å². The molecule has 0 unspecified atom stereocenters. The van der Waals surface area contributed by atoms with Crippen LogP contribution in [0.25, 0.3) is 10.6 Å². The number of carbonyl (C=O) groups excluding carboxylic acids is 3. The highest BCUT2D eigenvalue weighted by molar-refractivity contribution is 7.13. The smallest absolute Gasteiger partial charge is 0.407 e. The highest BCUT2D eigenvalue weighted by Crippen LogP contribution is 2.24. The van der Waals surface area contributed by atoms with E-state index in [0.717, 1.165) is 24.1 Å². The molecule has 2 aromatic heterocycles. The number of hydrogen-bond donors (Lipinski definition) is 3. The lowest BCUT2D eigenvalue weighted by Gasteiger charge is -2.21. The minimum Gasteiger partial charge on any atom is -0.455 e. The summed E-state index contributed by atoms with van der Waals surface area (Å²) >= 11 is 1.30. The molecule has 3 rings (SSSR count). The van der Waals surface area contributed by atoms with Crippen LogP contribution in [0, 0.1) is 0 Å². The Morgan fingerprint density at radius 2 is 1.84 bits per heavy atom. The number of allylic oxidation sites excluding steroid dienone is 1. The zero-order chi connectivity index (χ0) is 31.6. The predicted molar refractivity (Wildman–Crippen MR) is 165 cm³/mol. The molecular formula is C30H42N6O6S. The van der Waals surface area contributed by atoms with Crippen LogP contribution in [0.5, 0.6) is 0 Å². The van der Waals surface area contributed by atoms with Gasteiger partial charge in [0.2, 0.25) is 0 Å². The lowest BCUT2D eigenvalue weighted by molar-refractivity contribution is -0.150. The van der Waals surface area contributed by atoms with Gasteiger partial charge in [0.15, 0.2) is 0 Å². The number of rotatable bonds is 10. The Balaban J connectivity index is 1.68. The number of aromatic nitrogens is 2. The molecular weight excluding hydrogens is 572 g/mol. The monoisotopic (exact) mass is 614 g/mol. The van der Waals surface area contributed by atoms with E-state index in [1.54, 1.807) is 32.3 Å². The fraction of sp³-hybridized carbons (Fsp3) is 0.533. The van der Waals surface area contributed by atoms with Crippen LogP contribution < -0.4 is 16.4 Å². The van der Waals surface area contributed by atoms with E-state index < -0.39 is 29.2 Å². The molecule has 0 atom stereocenters. The van der Waals surface area contributed by atoms with Gasteiger partial charge in [-0.15, -0.1) is 11.3 Å². The number of esters is 1. The molecule has 234 valence electrons. The van der Waals surface area contributed by atoms with Crippen molar-refractivity contribution in [3.05, 3.63) is 46.5 Å². The highest BCUT2D eigenvalue weighted by Gasteiger charge is 2.23. The summed E-state index contributed by atoms with van der Waals surface area (Å²) in [7, 11) is 0. The van der Waals surface area contributed by atoms with Gasteiger partial charge in [0.05, 0.1) is 11.7 Å². The third-order valence-corrected chi connectivity index (χ3v) is 6.73. The summed E-state index contributed by atoms with van der Waals surface area (Å²) in [5.74, 6) is -1.30. The lowest BCUT2D eigenvalue weighted by Crippen LogP contribution is -2.33. The molecule has 0 bridgehead atoms. The van der Waals surface area contributed by atoms with E-state index >= 15 is 0 Å². The normalized spacial score (nSPS) is 15.1. The molecule has 1 aliphatic heterocycles. The van der Waals surface area contributed by atoms with Crippen molar-refractivity contribution in [2.75, 3.05) is 19.8 Å². The van der Waals surface area contributed by atoms with Crippen LogP contribution in [0.2, 0.25) is 0 Å². The Kier molecular flexibility index (Phi) is 11.8. The van der Waals surface area contributed by atoms with E-state index in [0.29, 0.717) is 37.6 Å². The van der Waals surface area contributed by atoms with E-state index in [4.69, 9.17) is 19.9 Å². The second-order valence-electron chi connectivity index (χ2n) is 12.0. The average molecular weight is 615 g/mol. The number of thiazole rings is 1. The van der Waals surface area contributed by atoms with Gasteiger partial charge in [-0.25, -0.2) is 14.6 Å². The van der Waals surface area contributed by atoms with E-state index in [1.807, 2.05) is 32.9 Å². The largest absolute Gasteiger partial charge is 0.455 e. The molecule has 1 saturated heterocycles. The number of nitrogens with zero attached hydrogens (tertiary/aromatic N) is 3. The first kappa shape index (κ1) is 33.7. The van der Waals surface area contributed by atoms with Gasteiger partial charge in [0, 0.05) is 48.8 Å². The molecule has 0 spiro atoms. The summed E-state index contributed by atoms with van der Waals surface area (Å²) in [6, 6.07) is 3.71. The number of amides is 2. The van der Waals surface area contributed by atoms with E-state index in [2.05, 4.69) is 25.6 Å². The fourth-order valence-electron chi connectivity index (χ4n) is 3.85. The summed E-state index contributed by atoms with van der Waals surface area (Å²) in [5, 5.41) is 7.69. The van der Waals surface area contributed by atoms with Crippen LogP contribution in [-0.2, 0) is 25.4 Å². The number of carbonyl (C=O) groups is 3. The van der Waals surface area contributed by atoms with Crippen LogP contribution >= 0.6 is 11.3 Å². The van der Waals surface area contributed by atoms with Crippen molar-refractivity contribution in [3.8, 4) is 10.6 Å². The number of hydrogen-bond acceptors (Lipinski definition) is 11. The molecule has 43 heavy (non-hydrogen) atoms. The van der Waals surface area contributed by atoms with Crippen LogP contribution in [0.15, 0.2) is 40.1 Å². The van der Waals surface area contributed by atoms with E-state index in [9.17, 15) is 14.4 Å². The molecule has 4 N–H and O–H groups in total. The molecule has 12 nitrogen and oxygen atoms in total. The average Bonchev–Trinajstić information content (AvgIpc) is 3.42. The molecule has 2 amide bonds. The Hall–Kier alpha value is -3.84. The Morgan fingerprint density at radius 3 is 2.51 bits per heavy atom. The quantitative estimate of drug-likeness (QED) is 0.154. The van der Waals surface area contributed by atoms with Gasteiger partial charge >= 0.3 is 12.1 Å².